The Morgan fingerprint density at radius 3 is 2.70 bits per heavy atom. The van der Waals surface area contributed by atoms with Gasteiger partial charge in [0.15, 0.2) is 11.5 Å². The van der Waals surface area contributed by atoms with E-state index < -0.39 is 18.6 Å². The van der Waals surface area contributed by atoms with Gasteiger partial charge in [-0.15, -0.1) is 0 Å². The summed E-state index contributed by atoms with van der Waals surface area (Å²) in [5.74, 6) is 0.166. The van der Waals surface area contributed by atoms with Crippen molar-refractivity contribution in [1.29, 1.82) is 0 Å². The van der Waals surface area contributed by atoms with Crippen LogP contribution in [0.15, 0.2) is 18.2 Å². The largest absolute Gasteiger partial charge is 0.489 e. The maximum absolute atomic E-state index is 12.5. The number of esters is 1. The second-order valence-electron chi connectivity index (χ2n) is 5.28. The van der Waals surface area contributed by atoms with Crippen LogP contribution in [0.4, 0.5) is 8.78 Å². The van der Waals surface area contributed by atoms with Crippen LogP contribution in [0, 0.1) is 5.92 Å². The fourth-order valence-corrected chi connectivity index (χ4v) is 2.21. The Bertz CT molecular complexity index is 540. The summed E-state index contributed by atoms with van der Waals surface area (Å²) >= 11 is 5.67. The van der Waals surface area contributed by atoms with Crippen LogP contribution in [-0.2, 0) is 9.53 Å². The quantitative estimate of drug-likeness (QED) is 0.547. The standard InChI is InChI=1S/C15H18ClF2NO4/c1-21-14(20)7-11(19-16)10-4-5-12(23-15(17)18)13(6-10)22-8-9-2-3-9/h4-6,9,11,15,19H,2-3,7-8H2,1H3. The molecule has 0 amide bonds. The van der Waals surface area contributed by atoms with Gasteiger partial charge in [-0.1, -0.05) is 6.07 Å². The zero-order valence-corrected chi connectivity index (χ0v) is 13.3. The molecule has 2 rings (SSSR count). The topological polar surface area (TPSA) is 56.8 Å². The maximum Gasteiger partial charge on any atom is 0.387 e. The molecule has 0 aliphatic heterocycles. The third-order valence-electron chi connectivity index (χ3n) is 3.49. The van der Waals surface area contributed by atoms with Crippen LogP contribution < -0.4 is 14.3 Å². The molecular formula is C15H18ClF2NO4. The molecule has 23 heavy (non-hydrogen) atoms. The van der Waals surface area contributed by atoms with Crippen molar-refractivity contribution in [2.45, 2.75) is 31.9 Å². The van der Waals surface area contributed by atoms with Crippen molar-refractivity contribution < 1.29 is 27.8 Å². The van der Waals surface area contributed by atoms with Crippen LogP contribution in [0.3, 0.4) is 0 Å². The summed E-state index contributed by atoms with van der Waals surface area (Å²) in [5.41, 5.74) is 0.609. The first kappa shape index (κ1) is 17.7. The molecule has 1 aliphatic carbocycles. The van der Waals surface area contributed by atoms with Crippen molar-refractivity contribution >= 4 is 17.7 Å². The van der Waals surface area contributed by atoms with Crippen molar-refractivity contribution in [3.05, 3.63) is 23.8 Å². The van der Waals surface area contributed by atoms with E-state index in [0.29, 0.717) is 18.1 Å². The molecule has 1 atom stereocenters. The highest BCUT2D eigenvalue weighted by Crippen LogP contribution is 2.35. The lowest BCUT2D eigenvalue weighted by molar-refractivity contribution is -0.141. The third kappa shape index (κ3) is 5.51. The van der Waals surface area contributed by atoms with E-state index in [2.05, 4.69) is 14.3 Å². The predicted octanol–water partition coefficient (Wildman–Crippen LogP) is 3.42. The predicted molar refractivity (Wildman–Crippen MR) is 79.7 cm³/mol. The van der Waals surface area contributed by atoms with Crippen molar-refractivity contribution in [3.8, 4) is 11.5 Å². The van der Waals surface area contributed by atoms with Gasteiger partial charge >= 0.3 is 12.6 Å². The normalized spacial score (nSPS) is 15.3. The highest BCUT2D eigenvalue weighted by atomic mass is 35.5. The first-order chi connectivity index (χ1) is 11.0. The molecule has 1 aromatic carbocycles. The number of halogens is 3. The van der Waals surface area contributed by atoms with Crippen molar-refractivity contribution in [2.75, 3.05) is 13.7 Å². The number of rotatable bonds is 9. The van der Waals surface area contributed by atoms with Crippen molar-refractivity contribution in [2.24, 2.45) is 5.92 Å². The number of hydrogen-bond donors (Lipinski definition) is 1. The number of carbonyl (C=O) groups excluding carboxylic acids is 1. The molecule has 0 radical (unpaired) electrons. The first-order valence-corrected chi connectivity index (χ1v) is 7.55. The van der Waals surface area contributed by atoms with E-state index in [-0.39, 0.29) is 17.9 Å². The number of ether oxygens (including phenoxy) is 3. The number of methoxy groups -OCH3 is 1. The van der Waals surface area contributed by atoms with E-state index in [1.54, 1.807) is 12.1 Å². The Labute approximate surface area is 138 Å². The van der Waals surface area contributed by atoms with E-state index in [0.717, 1.165) is 12.8 Å². The van der Waals surface area contributed by atoms with Crippen molar-refractivity contribution in [3.63, 3.8) is 0 Å². The van der Waals surface area contributed by atoms with E-state index in [9.17, 15) is 13.6 Å². The number of hydrogen-bond acceptors (Lipinski definition) is 5. The molecule has 0 spiro atoms. The van der Waals surface area contributed by atoms with Gasteiger partial charge in [-0.25, -0.2) is 4.84 Å². The molecule has 1 saturated carbocycles. The van der Waals surface area contributed by atoms with Gasteiger partial charge in [0, 0.05) is 0 Å². The van der Waals surface area contributed by atoms with Crippen LogP contribution in [0.25, 0.3) is 0 Å². The second kappa shape index (κ2) is 8.31. The average Bonchev–Trinajstić information content (AvgIpc) is 3.35. The summed E-state index contributed by atoms with van der Waals surface area (Å²) < 4.78 is 39.6. The Morgan fingerprint density at radius 1 is 1.39 bits per heavy atom. The van der Waals surface area contributed by atoms with Gasteiger partial charge in [-0.3, -0.25) is 4.79 Å². The first-order valence-electron chi connectivity index (χ1n) is 7.18. The monoisotopic (exact) mass is 349 g/mol. The minimum Gasteiger partial charge on any atom is -0.489 e. The fraction of sp³-hybridized carbons (Fsp3) is 0.533. The number of carbonyl (C=O) groups is 1. The van der Waals surface area contributed by atoms with Crippen LogP contribution in [0.2, 0.25) is 0 Å². The summed E-state index contributed by atoms with van der Waals surface area (Å²) in [6.45, 7) is -2.50. The van der Waals surface area contributed by atoms with Crippen molar-refractivity contribution in [1.82, 2.24) is 4.84 Å². The van der Waals surface area contributed by atoms with Gasteiger partial charge in [0.25, 0.3) is 0 Å². The lowest BCUT2D eigenvalue weighted by Crippen LogP contribution is -2.17. The van der Waals surface area contributed by atoms with Crippen LogP contribution in [0.1, 0.15) is 30.9 Å². The van der Waals surface area contributed by atoms with Crippen LogP contribution in [-0.4, -0.2) is 26.3 Å². The second-order valence-corrected chi connectivity index (χ2v) is 5.50. The third-order valence-corrected chi connectivity index (χ3v) is 3.75. The molecule has 1 aliphatic rings. The Kier molecular flexibility index (Phi) is 6.41. The lowest BCUT2D eigenvalue weighted by atomic mass is 10.0. The minimum atomic E-state index is -2.94. The Morgan fingerprint density at radius 2 is 2.13 bits per heavy atom. The average molecular weight is 350 g/mol. The zero-order valence-electron chi connectivity index (χ0n) is 12.6. The van der Waals surface area contributed by atoms with Gasteiger partial charge in [-0.05, 0) is 48.2 Å². The van der Waals surface area contributed by atoms with Gasteiger partial charge < -0.3 is 14.2 Å². The zero-order chi connectivity index (χ0) is 16.8. The lowest BCUT2D eigenvalue weighted by Gasteiger charge is -2.17. The molecule has 8 heteroatoms. The van der Waals surface area contributed by atoms with Gasteiger partial charge in [0.2, 0.25) is 0 Å². The molecule has 1 fully saturated rings. The van der Waals surface area contributed by atoms with Crippen LogP contribution >= 0.6 is 11.8 Å². The number of alkyl halides is 2. The SMILES string of the molecule is COC(=O)CC(NCl)c1ccc(OC(F)F)c(OCC2CC2)c1. The Hall–Kier alpha value is -1.60. The summed E-state index contributed by atoms with van der Waals surface area (Å²) in [6, 6.07) is 3.93. The maximum atomic E-state index is 12.5. The summed E-state index contributed by atoms with van der Waals surface area (Å²) in [5, 5.41) is 0. The van der Waals surface area contributed by atoms with E-state index in [1.165, 1.54) is 13.2 Å². The smallest absolute Gasteiger partial charge is 0.387 e. The van der Waals surface area contributed by atoms with E-state index in [4.69, 9.17) is 16.5 Å². The van der Waals surface area contributed by atoms with Gasteiger partial charge in [-0.2, -0.15) is 8.78 Å². The highest BCUT2D eigenvalue weighted by molar-refractivity contribution is 6.13. The summed E-state index contributed by atoms with van der Waals surface area (Å²) in [4.78, 5) is 13.9. The van der Waals surface area contributed by atoms with Gasteiger partial charge in [0.05, 0.1) is 26.2 Å². The number of nitrogens with one attached hydrogen (secondary N) is 1. The molecule has 128 valence electrons. The Balaban J connectivity index is 2.17. The summed E-state index contributed by atoms with van der Waals surface area (Å²) in [7, 11) is 1.28. The molecule has 1 N–H and O–H groups in total. The minimum absolute atomic E-state index is 0.00286. The molecular weight excluding hydrogens is 332 g/mol. The summed E-state index contributed by atoms with van der Waals surface area (Å²) in [6.07, 6.45) is 2.13. The van der Waals surface area contributed by atoms with E-state index in [1.807, 2.05) is 0 Å². The molecule has 0 heterocycles. The molecule has 0 saturated heterocycles. The number of benzene rings is 1. The molecule has 0 bridgehead atoms. The molecule has 0 aromatic heterocycles. The van der Waals surface area contributed by atoms with E-state index >= 15 is 0 Å². The van der Waals surface area contributed by atoms with Gasteiger partial charge in [0.1, 0.15) is 0 Å². The fourth-order valence-electron chi connectivity index (χ4n) is 2.01. The molecule has 5 nitrogen and oxygen atoms in total. The molecule has 1 unspecified atom stereocenters. The molecule has 1 aromatic rings. The highest BCUT2D eigenvalue weighted by Gasteiger charge is 2.24. The van der Waals surface area contributed by atoms with Crippen LogP contribution in [0.5, 0.6) is 11.5 Å².